The van der Waals surface area contributed by atoms with E-state index in [1.54, 1.807) is 0 Å². The molecule has 1 aliphatic carbocycles. The van der Waals surface area contributed by atoms with Gasteiger partial charge in [-0.15, -0.1) is 0 Å². The second-order valence-electron chi connectivity index (χ2n) is 6.09. The largest absolute Gasteiger partial charge is 0.370 e. The third kappa shape index (κ3) is 1.79. The maximum absolute atomic E-state index is 6.05. The molecule has 0 N–H and O–H groups in total. The maximum atomic E-state index is 6.05. The minimum absolute atomic E-state index is 0.193. The van der Waals surface area contributed by atoms with Crippen LogP contribution in [0.25, 0.3) is 0 Å². The molecule has 2 heterocycles. The van der Waals surface area contributed by atoms with E-state index in [0.29, 0.717) is 6.04 Å². The van der Waals surface area contributed by atoms with Gasteiger partial charge in [-0.05, 0) is 26.7 Å². The zero-order valence-corrected chi connectivity index (χ0v) is 10.6. The third-order valence-electron chi connectivity index (χ3n) is 4.58. The van der Waals surface area contributed by atoms with Gasteiger partial charge in [0.05, 0.1) is 6.61 Å². The average Bonchev–Trinajstić information content (AvgIpc) is 2.13. The van der Waals surface area contributed by atoms with Crippen LogP contribution in [0, 0.1) is 0 Å². The van der Waals surface area contributed by atoms with Gasteiger partial charge < -0.3 is 4.74 Å². The van der Waals surface area contributed by atoms with Gasteiger partial charge in [-0.1, -0.05) is 6.42 Å². The highest BCUT2D eigenvalue weighted by Gasteiger charge is 2.50. The van der Waals surface area contributed by atoms with Crippen molar-refractivity contribution in [3.8, 4) is 0 Å². The van der Waals surface area contributed by atoms with Crippen LogP contribution in [0.3, 0.4) is 0 Å². The normalized spacial score (nSPS) is 31.7. The Morgan fingerprint density at radius 2 is 1.94 bits per heavy atom. The zero-order valence-electron chi connectivity index (χ0n) is 10.6. The Labute approximate surface area is 98.7 Å². The highest BCUT2D eigenvalue weighted by atomic mass is 16.5. The summed E-state index contributed by atoms with van der Waals surface area (Å²) in [6.07, 6.45) is 4.28. The van der Waals surface area contributed by atoms with E-state index in [0.717, 1.165) is 25.7 Å². The molecule has 0 aromatic carbocycles. The summed E-state index contributed by atoms with van der Waals surface area (Å²) in [4.78, 5) is 5.20. The fourth-order valence-corrected chi connectivity index (χ4v) is 3.21. The van der Waals surface area contributed by atoms with Gasteiger partial charge in [-0.2, -0.15) is 0 Å². The molecule has 16 heavy (non-hydrogen) atoms. The van der Waals surface area contributed by atoms with Crippen LogP contribution in [-0.2, 0) is 4.74 Å². The summed E-state index contributed by atoms with van der Waals surface area (Å²) in [5.74, 6) is 0. The summed E-state index contributed by atoms with van der Waals surface area (Å²) >= 11 is 0. The Morgan fingerprint density at radius 3 is 2.50 bits per heavy atom. The van der Waals surface area contributed by atoms with E-state index in [-0.39, 0.29) is 5.60 Å². The standard InChI is InChI=1S/C13H24N2O/c1-11(2)14-6-7-16-13(8-14)9-15(10-13)12-4-3-5-12/h11-12H,3-10H2,1-2H3. The molecule has 1 saturated carbocycles. The summed E-state index contributed by atoms with van der Waals surface area (Å²) in [6, 6.07) is 1.56. The van der Waals surface area contributed by atoms with E-state index < -0.39 is 0 Å². The molecular formula is C13H24N2O. The number of hydrogen-bond acceptors (Lipinski definition) is 3. The van der Waals surface area contributed by atoms with Crippen LogP contribution < -0.4 is 0 Å². The van der Waals surface area contributed by atoms with Crippen LogP contribution in [-0.4, -0.2) is 60.3 Å². The molecule has 3 rings (SSSR count). The monoisotopic (exact) mass is 224 g/mol. The van der Waals surface area contributed by atoms with Crippen LogP contribution in [0.2, 0.25) is 0 Å². The minimum atomic E-state index is 0.193. The summed E-state index contributed by atoms with van der Waals surface area (Å²) < 4.78 is 6.05. The maximum Gasteiger partial charge on any atom is 0.106 e. The van der Waals surface area contributed by atoms with Crippen molar-refractivity contribution in [2.24, 2.45) is 0 Å². The first-order valence-corrected chi connectivity index (χ1v) is 6.81. The molecule has 0 bridgehead atoms. The van der Waals surface area contributed by atoms with Crippen molar-refractivity contribution in [2.75, 3.05) is 32.8 Å². The van der Waals surface area contributed by atoms with Gasteiger partial charge in [0.1, 0.15) is 5.60 Å². The van der Waals surface area contributed by atoms with Gasteiger partial charge >= 0.3 is 0 Å². The molecule has 1 spiro atoms. The smallest absolute Gasteiger partial charge is 0.106 e. The highest BCUT2D eigenvalue weighted by molar-refractivity contribution is 5.04. The van der Waals surface area contributed by atoms with Gasteiger partial charge in [0.25, 0.3) is 0 Å². The molecule has 3 aliphatic rings. The topological polar surface area (TPSA) is 15.7 Å². The van der Waals surface area contributed by atoms with E-state index in [1.807, 2.05) is 0 Å². The second kappa shape index (κ2) is 3.97. The molecule has 0 aromatic rings. The molecule has 2 aliphatic heterocycles. The molecule has 3 nitrogen and oxygen atoms in total. The summed E-state index contributed by atoms with van der Waals surface area (Å²) in [7, 11) is 0. The van der Waals surface area contributed by atoms with Crippen molar-refractivity contribution < 1.29 is 4.74 Å². The Bertz CT molecular complexity index is 257. The second-order valence-corrected chi connectivity index (χ2v) is 6.09. The van der Waals surface area contributed by atoms with Gasteiger partial charge in [-0.3, -0.25) is 9.80 Å². The molecule has 3 fully saturated rings. The van der Waals surface area contributed by atoms with Crippen molar-refractivity contribution in [1.29, 1.82) is 0 Å². The SMILES string of the molecule is CC(C)N1CCOC2(C1)CN(C1CCC1)C2. The first-order valence-electron chi connectivity index (χ1n) is 6.81. The van der Waals surface area contributed by atoms with E-state index in [2.05, 4.69) is 23.6 Å². The molecule has 0 radical (unpaired) electrons. The molecule has 0 unspecified atom stereocenters. The predicted octanol–water partition coefficient (Wildman–Crippen LogP) is 1.33. The Kier molecular flexibility index (Phi) is 2.73. The summed E-state index contributed by atoms with van der Waals surface area (Å²) in [6.45, 7) is 10.1. The van der Waals surface area contributed by atoms with Crippen LogP contribution in [0.5, 0.6) is 0 Å². The van der Waals surface area contributed by atoms with Gasteiger partial charge in [0.2, 0.25) is 0 Å². The first-order chi connectivity index (χ1) is 7.69. The minimum Gasteiger partial charge on any atom is -0.370 e. The van der Waals surface area contributed by atoms with Crippen LogP contribution in [0.15, 0.2) is 0 Å². The highest BCUT2D eigenvalue weighted by Crippen LogP contribution is 2.36. The average molecular weight is 224 g/mol. The third-order valence-corrected chi connectivity index (χ3v) is 4.58. The quantitative estimate of drug-likeness (QED) is 0.704. The molecule has 3 heteroatoms. The summed E-state index contributed by atoms with van der Waals surface area (Å²) in [5, 5.41) is 0. The number of hydrogen-bond donors (Lipinski definition) is 0. The molecular weight excluding hydrogens is 200 g/mol. The fourth-order valence-electron chi connectivity index (χ4n) is 3.21. The predicted molar refractivity (Wildman–Crippen MR) is 64.6 cm³/mol. The number of likely N-dealkylation sites (tertiary alicyclic amines) is 1. The van der Waals surface area contributed by atoms with E-state index in [1.165, 1.54) is 32.4 Å². The molecule has 0 aromatic heterocycles. The fraction of sp³-hybridized carbons (Fsp3) is 1.00. The molecule has 92 valence electrons. The van der Waals surface area contributed by atoms with Gasteiger partial charge in [0, 0.05) is 38.3 Å². The van der Waals surface area contributed by atoms with E-state index in [9.17, 15) is 0 Å². The Balaban J connectivity index is 1.55. The van der Waals surface area contributed by atoms with Crippen LogP contribution in [0.4, 0.5) is 0 Å². The van der Waals surface area contributed by atoms with Crippen molar-refractivity contribution in [3.63, 3.8) is 0 Å². The lowest BCUT2D eigenvalue weighted by molar-refractivity contribution is -0.202. The Morgan fingerprint density at radius 1 is 1.19 bits per heavy atom. The van der Waals surface area contributed by atoms with Crippen molar-refractivity contribution >= 4 is 0 Å². The Hall–Kier alpha value is -0.120. The molecule has 2 saturated heterocycles. The van der Waals surface area contributed by atoms with Crippen molar-refractivity contribution in [2.45, 2.75) is 50.8 Å². The van der Waals surface area contributed by atoms with E-state index in [4.69, 9.17) is 4.74 Å². The zero-order chi connectivity index (χ0) is 11.2. The lowest BCUT2D eigenvalue weighted by atomic mass is 9.83. The van der Waals surface area contributed by atoms with Crippen LogP contribution >= 0.6 is 0 Å². The van der Waals surface area contributed by atoms with Crippen molar-refractivity contribution in [1.82, 2.24) is 9.80 Å². The summed E-state index contributed by atoms with van der Waals surface area (Å²) in [5.41, 5.74) is 0.193. The van der Waals surface area contributed by atoms with Crippen molar-refractivity contribution in [3.05, 3.63) is 0 Å². The number of morpholine rings is 1. The van der Waals surface area contributed by atoms with Gasteiger partial charge in [-0.25, -0.2) is 0 Å². The molecule has 0 amide bonds. The van der Waals surface area contributed by atoms with Crippen LogP contribution in [0.1, 0.15) is 33.1 Å². The lowest BCUT2D eigenvalue weighted by Crippen LogP contribution is -2.72. The molecule has 0 atom stereocenters. The number of nitrogens with zero attached hydrogens (tertiary/aromatic N) is 2. The van der Waals surface area contributed by atoms with Gasteiger partial charge in [0.15, 0.2) is 0 Å². The number of ether oxygens (including phenoxy) is 1. The van der Waals surface area contributed by atoms with E-state index >= 15 is 0 Å². The lowest BCUT2D eigenvalue weighted by Gasteiger charge is -2.58. The number of rotatable bonds is 2. The first kappa shape index (κ1) is 11.0.